The predicted octanol–water partition coefficient (Wildman–Crippen LogP) is 3.59. The summed E-state index contributed by atoms with van der Waals surface area (Å²) in [5.41, 5.74) is 0.990. The Labute approximate surface area is 170 Å². The Balaban J connectivity index is 0.00000576. The molecule has 25 heavy (non-hydrogen) atoms. The molecule has 0 amide bonds. The lowest BCUT2D eigenvalue weighted by molar-refractivity contribution is 0.372. The van der Waals surface area contributed by atoms with E-state index in [1.165, 1.54) is 38.6 Å². The smallest absolute Gasteiger partial charge is 0.191 e. The molecule has 0 saturated heterocycles. The Morgan fingerprint density at radius 1 is 1.16 bits per heavy atom. The van der Waals surface area contributed by atoms with Gasteiger partial charge in [-0.25, -0.2) is 0 Å². The van der Waals surface area contributed by atoms with Crippen molar-refractivity contribution in [3.8, 4) is 0 Å². The van der Waals surface area contributed by atoms with Gasteiger partial charge in [0.2, 0.25) is 0 Å². The molecule has 0 spiro atoms. The van der Waals surface area contributed by atoms with Gasteiger partial charge >= 0.3 is 0 Å². The van der Waals surface area contributed by atoms with Gasteiger partial charge in [-0.2, -0.15) is 0 Å². The van der Waals surface area contributed by atoms with Crippen molar-refractivity contribution in [2.75, 3.05) is 34.2 Å². The van der Waals surface area contributed by atoms with E-state index < -0.39 is 0 Å². The summed E-state index contributed by atoms with van der Waals surface area (Å²) in [5.74, 6) is 2.03. The molecule has 0 bridgehead atoms. The molecule has 0 aliphatic rings. The van der Waals surface area contributed by atoms with Gasteiger partial charge in [-0.3, -0.25) is 4.99 Å². The van der Waals surface area contributed by atoms with Gasteiger partial charge in [0.1, 0.15) is 0 Å². The number of hydrogen-bond acceptors (Lipinski definition) is 4. The number of unbranched alkanes of at least 4 members (excludes halogenated alkanes) is 4. The van der Waals surface area contributed by atoms with E-state index in [-0.39, 0.29) is 24.0 Å². The summed E-state index contributed by atoms with van der Waals surface area (Å²) < 4.78 is 5.32. The van der Waals surface area contributed by atoms with Crippen LogP contribution < -0.4 is 10.6 Å². The number of halogens is 1. The highest BCUT2D eigenvalue weighted by Crippen LogP contribution is 2.13. The fourth-order valence-corrected chi connectivity index (χ4v) is 2.37. The molecule has 1 heterocycles. The van der Waals surface area contributed by atoms with Gasteiger partial charge in [0.25, 0.3) is 0 Å². The first-order valence-electron chi connectivity index (χ1n) is 9.07. The standard InChI is InChI=1S/C18H35N5O.HI/c1-15(2)17-13-16(24-22-17)14-21-18(19-3)20-11-9-7-6-8-10-12-23(4)5;/h13,15H,6-12,14H2,1-5H3,(H2,19,20,21);1H. The quantitative estimate of drug-likeness (QED) is 0.226. The van der Waals surface area contributed by atoms with Crippen LogP contribution in [-0.4, -0.2) is 50.2 Å². The fourth-order valence-electron chi connectivity index (χ4n) is 2.37. The highest BCUT2D eigenvalue weighted by molar-refractivity contribution is 14.0. The maximum Gasteiger partial charge on any atom is 0.191 e. The molecule has 1 rings (SSSR count). The normalized spacial score (nSPS) is 11.7. The first-order chi connectivity index (χ1) is 11.5. The summed E-state index contributed by atoms with van der Waals surface area (Å²) in [6, 6.07) is 2.00. The van der Waals surface area contributed by atoms with Gasteiger partial charge in [0.05, 0.1) is 12.2 Å². The summed E-state index contributed by atoms with van der Waals surface area (Å²) in [7, 11) is 6.05. The van der Waals surface area contributed by atoms with Crippen molar-refractivity contribution in [3.63, 3.8) is 0 Å². The molecule has 146 valence electrons. The van der Waals surface area contributed by atoms with Crippen LogP contribution in [0.15, 0.2) is 15.6 Å². The molecule has 0 aliphatic carbocycles. The first-order valence-corrected chi connectivity index (χ1v) is 9.07. The van der Waals surface area contributed by atoms with Crippen LogP contribution in [0.25, 0.3) is 0 Å². The minimum Gasteiger partial charge on any atom is -0.359 e. The second-order valence-corrected chi connectivity index (χ2v) is 6.80. The maximum absolute atomic E-state index is 5.32. The van der Waals surface area contributed by atoms with Crippen molar-refractivity contribution in [1.29, 1.82) is 0 Å². The van der Waals surface area contributed by atoms with Crippen molar-refractivity contribution in [3.05, 3.63) is 17.5 Å². The van der Waals surface area contributed by atoms with E-state index in [0.717, 1.165) is 24.0 Å². The Morgan fingerprint density at radius 3 is 2.44 bits per heavy atom. The highest BCUT2D eigenvalue weighted by atomic mass is 127. The Kier molecular flexibility index (Phi) is 13.9. The SMILES string of the molecule is CN=C(NCCCCCCCN(C)C)NCc1cc(C(C)C)no1.I. The third-order valence-electron chi connectivity index (χ3n) is 3.90. The third-order valence-corrected chi connectivity index (χ3v) is 3.90. The average Bonchev–Trinajstić information content (AvgIpc) is 3.01. The van der Waals surface area contributed by atoms with E-state index in [1.54, 1.807) is 7.05 Å². The molecule has 7 heteroatoms. The highest BCUT2D eigenvalue weighted by Gasteiger charge is 2.07. The van der Waals surface area contributed by atoms with Gasteiger partial charge in [-0.05, 0) is 39.4 Å². The molecule has 0 atom stereocenters. The lowest BCUT2D eigenvalue weighted by Gasteiger charge is -2.11. The van der Waals surface area contributed by atoms with Gasteiger partial charge < -0.3 is 20.1 Å². The summed E-state index contributed by atoms with van der Waals surface area (Å²) >= 11 is 0. The molecule has 0 radical (unpaired) electrons. The molecule has 1 aromatic rings. The Hall–Kier alpha value is -0.830. The van der Waals surface area contributed by atoms with Crippen LogP contribution in [0.2, 0.25) is 0 Å². The summed E-state index contributed by atoms with van der Waals surface area (Å²) in [6.07, 6.45) is 6.34. The zero-order valence-electron chi connectivity index (χ0n) is 16.5. The van der Waals surface area contributed by atoms with E-state index >= 15 is 0 Å². The average molecular weight is 465 g/mol. The lowest BCUT2D eigenvalue weighted by Crippen LogP contribution is -2.37. The lowest BCUT2D eigenvalue weighted by atomic mass is 10.1. The van der Waals surface area contributed by atoms with Crippen molar-refractivity contribution in [1.82, 2.24) is 20.7 Å². The summed E-state index contributed by atoms with van der Waals surface area (Å²) in [4.78, 5) is 6.48. The molecule has 0 aromatic carbocycles. The fraction of sp³-hybridized carbons (Fsp3) is 0.778. The molecule has 0 unspecified atom stereocenters. The summed E-state index contributed by atoms with van der Waals surface area (Å²) in [6.45, 7) is 6.95. The topological polar surface area (TPSA) is 65.7 Å². The maximum atomic E-state index is 5.32. The molecule has 1 aromatic heterocycles. The third kappa shape index (κ3) is 11.4. The number of aliphatic imine (C=N–C) groups is 1. The first kappa shape index (κ1) is 24.2. The number of guanidine groups is 1. The van der Waals surface area contributed by atoms with Gasteiger partial charge in [-0.1, -0.05) is 38.3 Å². The predicted molar refractivity (Wildman–Crippen MR) is 116 cm³/mol. The second kappa shape index (κ2) is 14.4. The minimum absolute atomic E-state index is 0. The monoisotopic (exact) mass is 465 g/mol. The van der Waals surface area contributed by atoms with E-state index in [1.807, 2.05) is 6.07 Å². The number of aromatic nitrogens is 1. The molecule has 0 aliphatic heterocycles. The van der Waals surface area contributed by atoms with Gasteiger partial charge in [-0.15, -0.1) is 24.0 Å². The zero-order valence-corrected chi connectivity index (χ0v) is 18.8. The minimum atomic E-state index is 0. The van der Waals surface area contributed by atoms with Gasteiger partial charge in [0.15, 0.2) is 11.7 Å². The van der Waals surface area contributed by atoms with Crippen LogP contribution in [-0.2, 0) is 6.54 Å². The molecule has 6 nitrogen and oxygen atoms in total. The summed E-state index contributed by atoms with van der Waals surface area (Å²) in [5, 5.41) is 10.7. The van der Waals surface area contributed by atoms with Crippen molar-refractivity contribution < 1.29 is 4.52 Å². The zero-order chi connectivity index (χ0) is 17.8. The molecular weight excluding hydrogens is 429 g/mol. The van der Waals surface area contributed by atoms with Crippen LogP contribution in [0.3, 0.4) is 0 Å². The van der Waals surface area contributed by atoms with Crippen molar-refractivity contribution in [2.24, 2.45) is 4.99 Å². The second-order valence-electron chi connectivity index (χ2n) is 6.80. The van der Waals surface area contributed by atoms with Crippen molar-refractivity contribution >= 4 is 29.9 Å². The number of nitrogens with one attached hydrogen (secondary N) is 2. The van der Waals surface area contributed by atoms with Crippen LogP contribution in [0, 0.1) is 0 Å². The van der Waals surface area contributed by atoms with Crippen LogP contribution in [0.4, 0.5) is 0 Å². The van der Waals surface area contributed by atoms with Gasteiger partial charge in [0, 0.05) is 19.7 Å². The molecule has 0 fully saturated rings. The van der Waals surface area contributed by atoms with E-state index in [0.29, 0.717) is 12.5 Å². The van der Waals surface area contributed by atoms with E-state index in [9.17, 15) is 0 Å². The van der Waals surface area contributed by atoms with Crippen LogP contribution in [0.5, 0.6) is 0 Å². The Morgan fingerprint density at radius 2 is 1.84 bits per heavy atom. The molecular formula is C18H36IN5O. The van der Waals surface area contributed by atoms with E-state index in [2.05, 4.69) is 53.6 Å². The van der Waals surface area contributed by atoms with E-state index in [4.69, 9.17) is 4.52 Å². The van der Waals surface area contributed by atoms with Crippen molar-refractivity contribution in [2.45, 2.75) is 58.4 Å². The number of rotatable bonds is 11. The number of hydrogen-bond donors (Lipinski definition) is 2. The molecule has 2 N–H and O–H groups in total. The van der Waals surface area contributed by atoms with Crippen LogP contribution >= 0.6 is 24.0 Å². The number of nitrogens with zero attached hydrogens (tertiary/aromatic N) is 3. The largest absolute Gasteiger partial charge is 0.359 e. The Bertz CT molecular complexity index is 474. The molecule has 0 saturated carbocycles. The van der Waals surface area contributed by atoms with Crippen LogP contribution in [0.1, 0.15) is 63.3 Å².